The Labute approximate surface area is 196 Å². The van der Waals surface area contributed by atoms with Crippen molar-refractivity contribution in [3.05, 3.63) is 89.5 Å². The van der Waals surface area contributed by atoms with Gasteiger partial charge in [-0.1, -0.05) is 30.3 Å². The third-order valence-corrected chi connectivity index (χ3v) is 7.53. The van der Waals surface area contributed by atoms with Crippen LogP contribution >= 0.6 is 0 Å². The van der Waals surface area contributed by atoms with Crippen LogP contribution in [0.3, 0.4) is 0 Å². The molecule has 0 aromatic heterocycles. The van der Waals surface area contributed by atoms with Gasteiger partial charge in [0.15, 0.2) is 5.04 Å². The minimum Gasteiger partial charge on any atom is -0.399 e. The van der Waals surface area contributed by atoms with Crippen LogP contribution in [0.4, 0.5) is 16.2 Å². The molecular weight excluding hydrogens is 452 g/mol. The Morgan fingerprint density at radius 3 is 2.41 bits per heavy atom. The molecule has 170 valence electrons. The van der Waals surface area contributed by atoms with E-state index in [9.17, 15) is 18.0 Å². The van der Waals surface area contributed by atoms with E-state index in [0.717, 1.165) is 5.56 Å². The molecule has 0 saturated heterocycles. The van der Waals surface area contributed by atoms with Gasteiger partial charge >= 0.3 is 6.03 Å². The third-order valence-electron chi connectivity index (χ3n) is 5.86. The summed E-state index contributed by atoms with van der Waals surface area (Å²) in [6.45, 7) is 1.91. The maximum absolute atomic E-state index is 13.5. The third kappa shape index (κ3) is 3.60. The van der Waals surface area contributed by atoms with Gasteiger partial charge in [0.25, 0.3) is 5.91 Å². The summed E-state index contributed by atoms with van der Waals surface area (Å²) in [5, 5.41) is -0.371. The van der Waals surface area contributed by atoms with E-state index in [2.05, 4.69) is 9.98 Å². The van der Waals surface area contributed by atoms with E-state index in [1.165, 1.54) is 6.07 Å². The number of nitrogens with two attached hydrogens (primary N) is 1. The van der Waals surface area contributed by atoms with Crippen LogP contribution in [-0.2, 0) is 16.3 Å². The Kier molecular flexibility index (Phi) is 5.13. The van der Waals surface area contributed by atoms with Crippen molar-refractivity contribution < 1.29 is 18.0 Å². The first-order valence-electron chi connectivity index (χ1n) is 10.6. The number of carbonyl (C=O) groups is 2. The summed E-state index contributed by atoms with van der Waals surface area (Å²) >= 11 is 0. The molecule has 2 N–H and O–H groups in total. The second-order valence-electron chi connectivity index (χ2n) is 8.17. The zero-order chi connectivity index (χ0) is 24.0. The van der Waals surface area contributed by atoms with Crippen molar-refractivity contribution in [2.45, 2.75) is 24.3 Å². The molecule has 2 aliphatic rings. The molecule has 0 bridgehead atoms. The Hall–Kier alpha value is -4.11. The number of urea groups is 1. The molecule has 0 fully saturated rings. The van der Waals surface area contributed by atoms with E-state index in [4.69, 9.17) is 5.73 Å². The van der Waals surface area contributed by atoms with Gasteiger partial charge in [-0.3, -0.25) is 4.79 Å². The number of anilines is 2. The van der Waals surface area contributed by atoms with Gasteiger partial charge in [0.2, 0.25) is 9.84 Å². The van der Waals surface area contributed by atoms with Gasteiger partial charge in [-0.2, -0.15) is 9.98 Å². The molecule has 9 heteroatoms. The summed E-state index contributed by atoms with van der Waals surface area (Å²) in [6.07, 6.45) is 0.491. The predicted molar refractivity (Wildman–Crippen MR) is 130 cm³/mol. The molecule has 3 aromatic rings. The second-order valence-corrected chi connectivity index (χ2v) is 10.0. The fraction of sp³-hybridized carbons (Fsp3) is 0.120. The van der Waals surface area contributed by atoms with Crippen molar-refractivity contribution >= 4 is 43.9 Å². The minimum atomic E-state index is -4.12. The van der Waals surface area contributed by atoms with Crippen LogP contribution in [0, 0.1) is 0 Å². The molecule has 34 heavy (non-hydrogen) atoms. The lowest BCUT2D eigenvalue weighted by Crippen LogP contribution is -2.35. The average molecular weight is 473 g/mol. The van der Waals surface area contributed by atoms with Crippen molar-refractivity contribution in [2.75, 3.05) is 10.6 Å². The van der Waals surface area contributed by atoms with Crippen LogP contribution in [0.25, 0.3) is 0 Å². The molecule has 0 radical (unpaired) electrons. The van der Waals surface area contributed by atoms with Gasteiger partial charge in [0.1, 0.15) is 5.71 Å². The quantitative estimate of drug-likeness (QED) is 0.583. The number of fused-ring (bicyclic) bond motifs is 1. The molecule has 8 nitrogen and oxygen atoms in total. The summed E-state index contributed by atoms with van der Waals surface area (Å²) in [4.78, 5) is 34.3. The SMILES string of the molecule is CC1Cc2cc(S(=O)(=O)C3=NC(=O)N=C3c3ccccc3)ccc2N1C(=O)c1ccc(N)cc1. The lowest BCUT2D eigenvalue weighted by atomic mass is 10.1. The molecule has 0 saturated carbocycles. The lowest BCUT2D eigenvalue weighted by Gasteiger charge is -2.23. The maximum atomic E-state index is 13.5. The number of aliphatic imine (C=N–C) groups is 2. The molecule has 1 unspecified atom stereocenters. The lowest BCUT2D eigenvalue weighted by molar-refractivity contribution is 0.0981. The number of sulfone groups is 1. The minimum absolute atomic E-state index is 0.00249. The normalized spacial score (nSPS) is 17.4. The number of hydrogen-bond acceptors (Lipinski definition) is 5. The second kappa shape index (κ2) is 8.03. The Morgan fingerprint density at radius 2 is 1.71 bits per heavy atom. The van der Waals surface area contributed by atoms with Crippen LogP contribution < -0.4 is 10.6 Å². The Bertz CT molecular complexity index is 1490. The molecule has 3 amide bonds. The highest BCUT2D eigenvalue weighted by atomic mass is 32.2. The number of amides is 3. The summed E-state index contributed by atoms with van der Waals surface area (Å²) in [5.74, 6) is -0.189. The zero-order valence-corrected chi connectivity index (χ0v) is 19.0. The number of carbonyl (C=O) groups excluding carboxylic acids is 2. The van der Waals surface area contributed by atoms with Gasteiger partial charge in [0.05, 0.1) is 4.90 Å². The van der Waals surface area contributed by atoms with Gasteiger partial charge in [0, 0.05) is 28.5 Å². The fourth-order valence-corrected chi connectivity index (χ4v) is 5.62. The van der Waals surface area contributed by atoms with Gasteiger partial charge in [-0.05, 0) is 61.4 Å². The highest BCUT2D eigenvalue weighted by molar-refractivity contribution is 8.08. The summed E-state index contributed by atoms with van der Waals surface area (Å²) in [7, 11) is -4.12. The molecule has 0 aliphatic carbocycles. The number of nitrogen functional groups attached to an aromatic ring is 1. The predicted octanol–water partition coefficient (Wildman–Crippen LogP) is 3.66. The first-order valence-corrected chi connectivity index (χ1v) is 12.1. The van der Waals surface area contributed by atoms with Crippen molar-refractivity contribution in [3.63, 3.8) is 0 Å². The monoisotopic (exact) mass is 472 g/mol. The van der Waals surface area contributed by atoms with E-state index in [-0.39, 0.29) is 27.6 Å². The number of rotatable bonds is 3. The van der Waals surface area contributed by atoms with Crippen molar-refractivity contribution in [3.8, 4) is 0 Å². The molecule has 2 heterocycles. The number of nitrogens with zero attached hydrogens (tertiary/aromatic N) is 3. The van der Waals surface area contributed by atoms with Gasteiger partial charge in [-0.25, -0.2) is 13.2 Å². The molecule has 0 spiro atoms. The van der Waals surface area contributed by atoms with Crippen LogP contribution in [-0.4, -0.2) is 37.2 Å². The Balaban J connectivity index is 1.50. The maximum Gasteiger partial charge on any atom is 0.369 e. The molecule has 2 aliphatic heterocycles. The highest BCUT2D eigenvalue weighted by Crippen LogP contribution is 2.36. The summed E-state index contributed by atoms with van der Waals surface area (Å²) in [6, 6.07) is 18.8. The smallest absolute Gasteiger partial charge is 0.369 e. The van der Waals surface area contributed by atoms with E-state index in [1.54, 1.807) is 71.6 Å². The summed E-state index contributed by atoms with van der Waals surface area (Å²) < 4.78 is 26.9. The fourth-order valence-electron chi connectivity index (χ4n) is 4.24. The number of benzene rings is 3. The first-order chi connectivity index (χ1) is 16.3. The van der Waals surface area contributed by atoms with Crippen molar-refractivity contribution in [1.29, 1.82) is 0 Å². The number of hydrogen-bond donors (Lipinski definition) is 1. The summed E-state index contributed by atoms with van der Waals surface area (Å²) in [5.41, 5.74) is 8.67. The van der Waals surface area contributed by atoms with Crippen LogP contribution in [0.15, 0.2) is 87.7 Å². The van der Waals surface area contributed by atoms with Gasteiger partial charge in [-0.15, -0.1) is 0 Å². The zero-order valence-electron chi connectivity index (χ0n) is 18.2. The van der Waals surface area contributed by atoms with Crippen molar-refractivity contribution in [1.82, 2.24) is 0 Å². The Morgan fingerprint density at radius 1 is 1.00 bits per heavy atom. The first kappa shape index (κ1) is 21.7. The molecule has 5 rings (SSSR count). The van der Waals surface area contributed by atoms with Crippen LogP contribution in [0.1, 0.15) is 28.4 Å². The van der Waals surface area contributed by atoms with Gasteiger partial charge < -0.3 is 10.6 Å². The molecular formula is C25H20N4O4S. The van der Waals surface area contributed by atoms with E-state index < -0.39 is 15.9 Å². The standard InChI is InChI=1S/C25H20N4O4S/c1-15-13-18-14-20(11-12-21(18)29(15)24(30)17-7-9-19(26)10-8-17)34(32,33)23-22(27-25(31)28-23)16-5-3-2-4-6-16/h2-12,14-15H,13,26H2,1H3. The highest BCUT2D eigenvalue weighted by Gasteiger charge is 2.36. The van der Waals surface area contributed by atoms with Crippen molar-refractivity contribution in [2.24, 2.45) is 9.98 Å². The van der Waals surface area contributed by atoms with E-state index >= 15 is 0 Å². The largest absolute Gasteiger partial charge is 0.399 e. The van der Waals surface area contributed by atoms with Crippen LogP contribution in [0.5, 0.6) is 0 Å². The average Bonchev–Trinajstić information content (AvgIpc) is 3.38. The van der Waals surface area contributed by atoms with E-state index in [1.807, 2.05) is 6.92 Å². The van der Waals surface area contributed by atoms with Crippen LogP contribution in [0.2, 0.25) is 0 Å². The topological polar surface area (TPSA) is 122 Å². The molecule has 3 aromatic carbocycles. The molecule has 1 atom stereocenters. The van der Waals surface area contributed by atoms with E-state index in [0.29, 0.717) is 28.9 Å².